The van der Waals surface area contributed by atoms with E-state index in [4.69, 9.17) is 0 Å². The van der Waals surface area contributed by atoms with E-state index in [9.17, 15) is 31.1 Å². The second-order valence-corrected chi connectivity index (χ2v) is 9.50. The molecule has 6 nitrogen and oxygen atoms in total. The molecule has 1 aromatic heterocycles. The van der Waals surface area contributed by atoms with Crippen LogP contribution in [0.2, 0.25) is 0 Å². The van der Waals surface area contributed by atoms with Gasteiger partial charge in [0.2, 0.25) is 0 Å². The highest BCUT2D eigenvalue weighted by Crippen LogP contribution is 2.38. The smallest absolute Gasteiger partial charge is 0.369 e. The van der Waals surface area contributed by atoms with Gasteiger partial charge in [0.05, 0.1) is 24.3 Å². The summed E-state index contributed by atoms with van der Waals surface area (Å²) >= 11 is 0. The zero-order chi connectivity index (χ0) is 27.2. The van der Waals surface area contributed by atoms with Gasteiger partial charge in [-0.1, -0.05) is 30.3 Å². The fourth-order valence-electron chi connectivity index (χ4n) is 5.34. The van der Waals surface area contributed by atoms with Gasteiger partial charge >= 0.3 is 12.2 Å². The van der Waals surface area contributed by atoms with Crippen molar-refractivity contribution in [2.24, 2.45) is 7.05 Å². The molecule has 0 saturated carbocycles. The second-order valence-electron chi connectivity index (χ2n) is 9.50. The standard InChI is InChI=1S/C26H25F6N5O/c1-34-13-17-15-36(18-9-11-35(12-10-18)22-19(23(28)29)6-4-8-21(22)27)25(38)37(24(17)33-34)14-16-5-2-3-7-20(16)26(30,31)32/h2-8,13,18,23H,9-12,14-15H2,1H3. The van der Waals surface area contributed by atoms with Gasteiger partial charge in [0, 0.05) is 43.5 Å². The van der Waals surface area contributed by atoms with Crippen molar-refractivity contribution in [3.8, 4) is 0 Å². The van der Waals surface area contributed by atoms with Crippen LogP contribution in [0, 0.1) is 5.82 Å². The second kappa shape index (κ2) is 9.88. The van der Waals surface area contributed by atoms with Crippen LogP contribution in [0.15, 0.2) is 48.7 Å². The number of amides is 2. The fourth-order valence-corrected chi connectivity index (χ4v) is 5.34. The van der Waals surface area contributed by atoms with E-state index in [1.54, 1.807) is 23.0 Å². The maximum atomic E-state index is 14.5. The first-order valence-electron chi connectivity index (χ1n) is 12.1. The van der Waals surface area contributed by atoms with Gasteiger partial charge in [-0.05, 0) is 30.5 Å². The van der Waals surface area contributed by atoms with Gasteiger partial charge < -0.3 is 9.80 Å². The molecule has 3 heterocycles. The largest absolute Gasteiger partial charge is 0.416 e. The van der Waals surface area contributed by atoms with Crippen molar-refractivity contribution >= 4 is 17.5 Å². The van der Waals surface area contributed by atoms with Gasteiger partial charge in [0.15, 0.2) is 5.82 Å². The van der Waals surface area contributed by atoms with Crippen molar-refractivity contribution in [3.63, 3.8) is 0 Å². The van der Waals surface area contributed by atoms with Crippen molar-refractivity contribution in [2.45, 2.75) is 44.6 Å². The molecule has 38 heavy (non-hydrogen) atoms. The van der Waals surface area contributed by atoms with E-state index in [-0.39, 0.29) is 49.0 Å². The summed E-state index contributed by atoms with van der Waals surface area (Å²) in [6.45, 7) is 0.380. The van der Waals surface area contributed by atoms with Crippen LogP contribution in [0.4, 0.5) is 42.6 Å². The summed E-state index contributed by atoms with van der Waals surface area (Å²) in [6.07, 6.45) is -4.94. The molecule has 5 rings (SSSR count). The number of carbonyl (C=O) groups is 1. The Morgan fingerprint density at radius 3 is 2.45 bits per heavy atom. The molecule has 2 amide bonds. The van der Waals surface area contributed by atoms with Gasteiger partial charge in [-0.2, -0.15) is 18.3 Å². The Balaban J connectivity index is 1.39. The van der Waals surface area contributed by atoms with Crippen molar-refractivity contribution < 1.29 is 31.1 Å². The lowest BCUT2D eigenvalue weighted by atomic mass is 9.99. The maximum absolute atomic E-state index is 14.5. The van der Waals surface area contributed by atoms with Gasteiger partial charge in [-0.25, -0.2) is 18.0 Å². The lowest BCUT2D eigenvalue weighted by molar-refractivity contribution is -0.138. The molecule has 0 atom stereocenters. The molecule has 0 aliphatic carbocycles. The summed E-state index contributed by atoms with van der Waals surface area (Å²) in [5.41, 5.74) is -0.706. The third kappa shape index (κ3) is 4.79. The summed E-state index contributed by atoms with van der Waals surface area (Å²) in [5.74, 6) is -0.430. The number of para-hydroxylation sites is 1. The molecule has 202 valence electrons. The van der Waals surface area contributed by atoms with Crippen LogP contribution >= 0.6 is 0 Å². The first-order chi connectivity index (χ1) is 18.0. The molecule has 2 aromatic carbocycles. The highest BCUT2D eigenvalue weighted by molar-refractivity contribution is 5.94. The monoisotopic (exact) mass is 537 g/mol. The lowest BCUT2D eigenvalue weighted by Gasteiger charge is -2.43. The van der Waals surface area contributed by atoms with E-state index in [2.05, 4.69) is 5.10 Å². The predicted octanol–water partition coefficient (Wildman–Crippen LogP) is 6.13. The zero-order valence-electron chi connectivity index (χ0n) is 20.4. The molecular formula is C26H25F6N5O. The third-order valence-corrected chi connectivity index (χ3v) is 7.08. The van der Waals surface area contributed by atoms with Gasteiger partial charge in [0.1, 0.15) is 5.82 Å². The number of hydrogen-bond acceptors (Lipinski definition) is 3. The number of nitrogens with zero attached hydrogens (tertiary/aromatic N) is 5. The minimum Gasteiger partial charge on any atom is -0.369 e. The Bertz CT molecular complexity index is 1330. The Labute approximate surface area is 215 Å². The summed E-state index contributed by atoms with van der Waals surface area (Å²) < 4.78 is 84.0. The fraction of sp³-hybridized carbons (Fsp3) is 0.385. The number of rotatable bonds is 5. The lowest BCUT2D eigenvalue weighted by Crippen LogP contribution is -2.54. The summed E-state index contributed by atoms with van der Waals surface area (Å²) in [7, 11) is 1.67. The summed E-state index contributed by atoms with van der Waals surface area (Å²) in [4.78, 5) is 18.1. The van der Waals surface area contributed by atoms with Crippen molar-refractivity contribution in [1.82, 2.24) is 14.7 Å². The number of benzene rings is 2. The number of halogens is 6. The average Bonchev–Trinajstić information content (AvgIpc) is 3.25. The topological polar surface area (TPSA) is 44.6 Å². The Hall–Kier alpha value is -3.70. The molecule has 12 heteroatoms. The molecule has 2 aliphatic heterocycles. The molecular weight excluding hydrogens is 512 g/mol. The van der Waals surface area contributed by atoms with Crippen molar-refractivity contribution in [1.29, 1.82) is 0 Å². The molecule has 0 N–H and O–H groups in total. The van der Waals surface area contributed by atoms with E-state index in [0.717, 1.165) is 12.1 Å². The number of carbonyl (C=O) groups excluding carboxylic acids is 1. The van der Waals surface area contributed by atoms with Crippen LogP contribution in [0.5, 0.6) is 0 Å². The minimum atomic E-state index is -4.58. The average molecular weight is 538 g/mol. The number of aromatic nitrogens is 2. The van der Waals surface area contributed by atoms with E-state index in [1.165, 1.54) is 39.9 Å². The number of fused-ring (bicyclic) bond motifs is 1. The number of anilines is 2. The number of alkyl halides is 5. The van der Waals surface area contributed by atoms with E-state index >= 15 is 0 Å². The molecule has 0 unspecified atom stereocenters. The first-order valence-corrected chi connectivity index (χ1v) is 12.1. The van der Waals surface area contributed by atoms with Crippen molar-refractivity contribution in [3.05, 3.63) is 76.7 Å². The predicted molar refractivity (Wildman–Crippen MR) is 128 cm³/mol. The Kier molecular flexibility index (Phi) is 6.74. The van der Waals surface area contributed by atoms with Crippen LogP contribution < -0.4 is 9.80 Å². The van der Waals surface area contributed by atoms with Crippen LogP contribution in [0.3, 0.4) is 0 Å². The van der Waals surface area contributed by atoms with Crippen LogP contribution in [0.1, 0.15) is 41.5 Å². The number of piperidine rings is 1. The molecule has 0 radical (unpaired) electrons. The quantitative estimate of drug-likeness (QED) is 0.368. The van der Waals surface area contributed by atoms with Gasteiger partial charge in [0.25, 0.3) is 6.43 Å². The number of urea groups is 1. The number of hydrogen-bond donors (Lipinski definition) is 0. The summed E-state index contributed by atoms with van der Waals surface area (Å²) in [6, 6.07) is 7.90. The molecule has 2 aliphatic rings. The van der Waals surface area contributed by atoms with Gasteiger partial charge in [-0.15, -0.1) is 0 Å². The Morgan fingerprint density at radius 2 is 1.76 bits per heavy atom. The minimum absolute atomic E-state index is 0.0549. The van der Waals surface area contributed by atoms with Gasteiger partial charge in [-0.3, -0.25) is 9.58 Å². The highest BCUT2D eigenvalue weighted by atomic mass is 19.4. The first kappa shape index (κ1) is 25.9. The van der Waals surface area contributed by atoms with E-state index in [1.807, 2.05) is 0 Å². The van der Waals surface area contributed by atoms with Crippen LogP contribution in [-0.4, -0.2) is 39.8 Å². The van der Waals surface area contributed by atoms with Crippen LogP contribution in [-0.2, 0) is 26.3 Å². The normalized spacial score (nSPS) is 16.9. The van der Waals surface area contributed by atoms with E-state index in [0.29, 0.717) is 24.2 Å². The van der Waals surface area contributed by atoms with E-state index < -0.39 is 30.0 Å². The molecule has 1 fully saturated rings. The maximum Gasteiger partial charge on any atom is 0.416 e. The SMILES string of the molecule is Cn1cc2c(n1)N(Cc1ccccc1C(F)(F)F)C(=O)N(C1CCN(c3c(F)cccc3C(F)F)CC1)C2. The highest BCUT2D eigenvalue weighted by Gasteiger charge is 2.40. The summed E-state index contributed by atoms with van der Waals surface area (Å²) in [5, 5.41) is 4.33. The molecule has 3 aromatic rings. The van der Waals surface area contributed by atoms with Crippen LogP contribution in [0.25, 0.3) is 0 Å². The Morgan fingerprint density at radius 1 is 1.05 bits per heavy atom. The van der Waals surface area contributed by atoms with Crippen molar-refractivity contribution in [2.75, 3.05) is 22.9 Å². The number of aryl methyl sites for hydroxylation is 1. The zero-order valence-corrected chi connectivity index (χ0v) is 20.4. The molecule has 1 saturated heterocycles. The molecule has 0 spiro atoms. The molecule has 0 bridgehead atoms. The third-order valence-electron chi connectivity index (χ3n) is 7.08.